The van der Waals surface area contributed by atoms with Crippen LogP contribution in [0.25, 0.3) is 0 Å². The molecule has 0 fully saturated rings. The van der Waals surface area contributed by atoms with E-state index in [-0.39, 0.29) is 25.7 Å². The van der Waals surface area contributed by atoms with E-state index in [0.29, 0.717) is 25.7 Å². The van der Waals surface area contributed by atoms with Crippen LogP contribution in [-0.2, 0) is 65.4 Å². The fraction of sp³-hybridized carbons (Fsp3) is 0.952. The molecule has 612 valence electrons. The third-order valence-corrected chi connectivity index (χ3v) is 22.0. The Morgan fingerprint density at radius 2 is 0.466 bits per heavy atom. The number of aliphatic hydroxyl groups is 1. The van der Waals surface area contributed by atoms with Gasteiger partial charge in [0.15, 0.2) is 12.2 Å². The van der Waals surface area contributed by atoms with E-state index < -0.39 is 97.5 Å². The maximum atomic E-state index is 13.1. The number of carbonyl (C=O) groups excluding carboxylic acids is 4. The van der Waals surface area contributed by atoms with Gasteiger partial charge in [-0.15, -0.1) is 0 Å². The SMILES string of the molecule is CCCCCCCCCCCCCCCCCCCCCCCC(=O)O[C@H](COC(=O)CCCCCCCCCCCCCCCCC(C)CC)COP(=O)(O)OC[C@@H](O)COP(=O)(O)OC[C@@H](COC(=O)CCCCCCCCCCCCC)OC(=O)CCCCCCCCCCCCCCC. The maximum absolute atomic E-state index is 13.1. The van der Waals surface area contributed by atoms with Crippen LogP contribution in [0.4, 0.5) is 0 Å². The van der Waals surface area contributed by atoms with Crippen LogP contribution in [0.1, 0.15) is 452 Å². The minimum atomic E-state index is -4.96. The van der Waals surface area contributed by atoms with E-state index in [1.54, 1.807) is 0 Å². The Hall–Kier alpha value is -1.94. The lowest BCUT2D eigenvalue weighted by molar-refractivity contribution is -0.161. The zero-order valence-corrected chi connectivity index (χ0v) is 69.3. The van der Waals surface area contributed by atoms with Crippen LogP contribution in [0.5, 0.6) is 0 Å². The molecule has 6 atom stereocenters. The van der Waals surface area contributed by atoms with Gasteiger partial charge >= 0.3 is 39.5 Å². The smallest absolute Gasteiger partial charge is 0.462 e. The molecule has 0 aliphatic rings. The van der Waals surface area contributed by atoms with Gasteiger partial charge in [-0.2, -0.15) is 0 Å². The Kier molecular flexibility index (Phi) is 75.4. The Bertz CT molecular complexity index is 1960. The highest BCUT2D eigenvalue weighted by molar-refractivity contribution is 7.47. The minimum Gasteiger partial charge on any atom is -0.462 e. The summed E-state index contributed by atoms with van der Waals surface area (Å²) in [6.45, 7) is 7.40. The third kappa shape index (κ3) is 76.6. The average Bonchev–Trinajstić information content (AvgIpc) is 0.916. The van der Waals surface area contributed by atoms with Crippen LogP contribution in [0.3, 0.4) is 0 Å². The molecule has 0 aromatic carbocycles. The van der Waals surface area contributed by atoms with Crippen molar-refractivity contribution in [1.29, 1.82) is 0 Å². The van der Waals surface area contributed by atoms with Gasteiger partial charge in [-0.1, -0.05) is 401 Å². The van der Waals surface area contributed by atoms with Crippen molar-refractivity contribution in [2.24, 2.45) is 5.92 Å². The number of ether oxygens (including phenoxy) is 4. The first-order valence-corrected chi connectivity index (χ1v) is 46.7. The van der Waals surface area contributed by atoms with Crippen LogP contribution in [0.2, 0.25) is 0 Å². The molecule has 0 aromatic heterocycles. The first-order valence-electron chi connectivity index (χ1n) is 43.7. The molecule has 0 saturated heterocycles. The fourth-order valence-electron chi connectivity index (χ4n) is 13.1. The number of carbonyl (C=O) groups is 4. The van der Waals surface area contributed by atoms with Gasteiger partial charge in [-0.3, -0.25) is 37.3 Å². The molecule has 17 nitrogen and oxygen atoms in total. The van der Waals surface area contributed by atoms with Crippen molar-refractivity contribution in [3.63, 3.8) is 0 Å². The lowest BCUT2D eigenvalue weighted by Gasteiger charge is -2.21. The largest absolute Gasteiger partial charge is 0.472 e. The summed E-state index contributed by atoms with van der Waals surface area (Å²) in [4.78, 5) is 73.1. The van der Waals surface area contributed by atoms with Crippen molar-refractivity contribution in [2.75, 3.05) is 39.6 Å². The van der Waals surface area contributed by atoms with Gasteiger partial charge in [0.1, 0.15) is 19.3 Å². The summed E-state index contributed by atoms with van der Waals surface area (Å²) in [6, 6.07) is 0. The molecule has 0 aromatic rings. The second kappa shape index (κ2) is 76.8. The fourth-order valence-corrected chi connectivity index (χ4v) is 14.7. The summed E-state index contributed by atoms with van der Waals surface area (Å²) in [5, 5.41) is 10.7. The molecule has 0 spiro atoms. The Balaban J connectivity index is 5.23. The number of phosphoric acid groups is 2. The lowest BCUT2D eigenvalue weighted by atomic mass is 9.99. The highest BCUT2D eigenvalue weighted by Gasteiger charge is 2.30. The highest BCUT2D eigenvalue weighted by atomic mass is 31.2. The Morgan fingerprint density at radius 1 is 0.272 bits per heavy atom. The molecule has 0 radical (unpaired) electrons. The second-order valence-corrected chi connectivity index (χ2v) is 33.4. The van der Waals surface area contributed by atoms with Crippen molar-refractivity contribution >= 4 is 39.5 Å². The second-order valence-electron chi connectivity index (χ2n) is 30.5. The van der Waals surface area contributed by atoms with Crippen molar-refractivity contribution < 1.29 is 80.2 Å². The number of phosphoric ester groups is 2. The summed E-state index contributed by atoms with van der Waals surface area (Å²) in [5.74, 6) is -1.25. The predicted octanol–water partition coefficient (Wildman–Crippen LogP) is 25.6. The van der Waals surface area contributed by atoms with E-state index >= 15 is 0 Å². The summed E-state index contributed by atoms with van der Waals surface area (Å²) in [7, 11) is -9.92. The molecule has 3 unspecified atom stereocenters. The van der Waals surface area contributed by atoms with E-state index in [1.165, 1.54) is 276 Å². The molecule has 103 heavy (non-hydrogen) atoms. The number of aliphatic hydroxyl groups excluding tert-OH is 1. The Morgan fingerprint density at radius 3 is 0.689 bits per heavy atom. The van der Waals surface area contributed by atoms with Gasteiger partial charge in [0.25, 0.3) is 0 Å². The first-order chi connectivity index (χ1) is 50.1. The number of esters is 4. The van der Waals surface area contributed by atoms with Crippen LogP contribution < -0.4 is 0 Å². The molecule has 19 heteroatoms. The normalized spacial score (nSPS) is 14.1. The van der Waals surface area contributed by atoms with E-state index in [4.69, 9.17) is 37.0 Å². The molecule has 0 aliphatic carbocycles. The molecule has 0 amide bonds. The van der Waals surface area contributed by atoms with E-state index in [2.05, 4.69) is 34.6 Å². The third-order valence-electron chi connectivity index (χ3n) is 20.1. The van der Waals surface area contributed by atoms with E-state index in [9.17, 15) is 43.2 Å². The average molecular weight is 1510 g/mol. The zero-order chi connectivity index (χ0) is 75.5. The van der Waals surface area contributed by atoms with Gasteiger partial charge in [-0.25, -0.2) is 9.13 Å². The summed E-state index contributed by atoms with van der Waals surface area (Å²) in [6.07, 6.45) is 69.3. The number of unbranched alkanes of at least 4 members (excludes halogenated alkanes) is 55. The van der Waals surface area contributed by atoms with Crippen LogP contribution >= 0.6 is 15.6 Å². The number of rotatable bonds is 84. The first kappa shape index (κ1) is 101. The quantitative estimate of drug-likeness (QED) is 0.0222. The molecule has 0 heterocycles. The number of hydrogen-bond acceptors (Lipinski definition) is 15. The molecule has 0 aliphatic heterocycles. The summed E-state index contributed by atoms with van der Waals surface area (Å²) < 4.78 is 68.8. The molecular formula is C84H164O17P2. The van der Waals surface area contributed by atoms with Crippen LogP contribution in [-0.4, -0.2) is 96.7 Å². The maximum Gasteiger partial charge on any atom is 0.472 e. The van der Waals surface area contributed by atoms with Gasteiger partial charge in [-0.05, 0) is 31.6 Å². The summed E-state index contributed by atoms with van der Waals surface area (Å²) in [5.41, 5.74) is 0. The molecule has 0 saturated carbocycles. The predicted molar refractivity (Wildman–Crippen MR) is 423 cm³/mol. The molecular weight excluding hydrogens is 1340 g/mol. The number of hydrogen-bond donors (Lipinski definition) is 3. The van der Waals surface area contributed by atoms with Gasteiger partial charge in [0.05, 0.1) is 26.4 Å². The van der Waals surface area contributed by atoms with Gasteiger partial charge in [0, 0.05) is 25.7 Å². The van der Waals surface area contributed by atoms with Crippen LogP contribution in [0.15, 0.2) is 0 Å². The zero-order valence-electron chi connectivity index (χ0n) is 67.5. The van der Waals surface area contributed by atoms with Crippen molar-refractivity contribution in [3.05, 3.63) is 0 Å². The molecule has 0 bridgehead atoms. The standard InChI is InChI=1S/C84H164O17P2/c1-6-10-13-16-19-22-25-27-28-29-30-31-32-33-34-40-45-50-55-60-65-70-84(89)101-80(74-95-82(87)68-63-58-53-48-43-39-36-35-38-42-46-51-56-61-66-77(5)9-4)76-99-103(92,93)97-72-78(85)71-96-102(90,91)98-75-79(73-94-81(86)67-62-57-52-47-41-24-21-18-15-12-8-3)100-83(88)69-64-59-54-49-44-37-26-23-20-17-14-11-7-2/h77-80,85H,6-76H2,1-5H3,(H,90,91)(H,92,93)/t77?,78-,79+,80+/m0/s1. The lowest BCUT2D eigenvalue weighted by Crippen LogP contribution is -2.30. The molecule has 0 rings (SSSR count). The van der Waals surface area contributed by atoms with Gasteiger partial charge < -0.3 is 33.8 Å². The molecule has 3 N–H and O–H groups in total. The van der Waals surface area contributed by atoms with Crippen molar-refractivity contribution in [3.8, 4) is 0 Å². The van der Waals surface area contributed by atoms with Gasteiger partial charge in [0.2, 0.25) is 0 Å². The topological polar surface area (TPSA) is 237 Å². The van der Waals surface area contributed by atoms with Crippen LogP contribution in [0, 0.1) is 5.92 Å². The van der Waals surface area contributed by atoms with Crippen molar-refractivity contribution in [2.45, 2.75) is 470 Å². The van der Waals surface area contributed by atoms with E-state index in [1.807, 2.05) is 0 Å². The monoisotopic (exact) mass is 1510 g/mol. The van der Waals surface area contributed by atoms with E-state index in [0.717, 1.165) is 95.8 Å². The Labute approximate surface area is 632 Å². The minimum absolute atomic E-state index is 0.108. The summed E-state index contributed by atoms with van der Waals surface area (Å²) >= 11 is 0. The highest BCUT2D eigenvalue weighted by Crippen LogP contribution is 2.45. The van der Waals surface area contributed by atoms with Crippen molar-refractivity contribution in [1.82, 2.24) is 0 Å².